The molecular weight excluding hydrogens is 697 g/mol. The van der Waals surface area contributed by atoms with Gasteiger partial charge in [0.25, 0.3) is 15.9 Å². The van der Waals surface area contributed by atoms with E-state index >= 15 is 0 Å². The maximum atomic E-state index is 14.3. The van der Waals surface area contributed by atoms with E-state index < -0.39 is 49.8 Å². The number of benzene rings is 3. The van der Waals surface area contributed by atoms with Gasteiger partial charge in [0.2, 0.25) is 10.0 Å². The summed E-state index contributed by atoms with van der Waals surface area (Å²) in [7, 11) is -6.55. The summed E-state index contributed by atoms with van der Waals surface area (Å²) in [5.41, 5.74) is 0.143. The molecule has 0 aliphatic carbocycles. The van der Waals surface area contributed by atoms with Crippen molar-refractivity contribution >= 4 is 43.2 Å². The number of amides is 1. The van der Waals surface area contributed by atoms with Crippen molar-refractivity contribution in [3.8, 4) is 5.75 Å². The van der Waals surface area contributed by atoms with Crippen LogP contribution in [0.5, 0.6) is 5.75 Å². The Labute approximate surface area is 293 Å². The van der Waals surface area contributed by atoms with Gasteiger partial charge in [0.05, 0.1) is 40.2 Å². The zero-order valence-corrected chi connectivity index (χ0v) is 30.3. The predicted molar refractivity (Wildman–Crippen MR) is 185 cm³/mol. The van der Waals surface area contributed by atoms with Gasteiger partial charge in [-0.2, -0.15) is 4.31 Å². The van der Waals surface area contributed by atoms with Crippen molar-refractivity contribution in [2.45, 2.75) is 68.1 Å². The molecule has 0 spiro atoms. The van der Waals surface area contributed by atoms with Gasteiger partial charge >= 0.3 is 0 Å². The Morgan fingerprint density at radius 1 is 1.02 bits per heavy atom. The monoisotopic (exact) mass is 739 g/mol. The standard InChI is InChI=1S/C34H43ClFN3O8S2/c1-23-20-39(24(2)22-40)34(41)31-19-28(37-48(42,43)29-15-10-27(36)11-16-29)12-17-32(31)47-25(3)7-5-6-18-46-33(23)21-38(4)49(44,45)30-13-8-26(35)9-14-30/h8-17,19,23-25,33,37,40H,5-7,18,20-22H2,1-4H3/t23-,24-,25+,33-/m0/s1. The van der Waals surface area contributed by atoms with E-state index in [4.69, 9.17) is 21.1 Å². The van der Waals surface area contributed by atoms with E-state index in [9.17, 15) is 31.1 Å². The maximum Gasteiger partial charge on any atom is 0.261 e. The second-order valence-electron chi connectivity index (χ2n) is 12.3. The Morgan fingerprint density at radius 2 is 1.67 bits per heavy atom. The van der Waals surface area contributed by atoms with Gasteiger partial charge in [-0.25, -0.2) is 21.2 Å². The average Bonchev–Trinajstić information content (AvgIpc) is 3.06. The quantitative estimate of drug-likeness (QED) is 0.297. The van der Waals surface area contributed by atoms with Crippen LogP contribution in [0.1, 0.15) is 50.4 Å². The number of carbonyl (C=O) groups excluding carboxylic acids is 1. The number of carbonyl (C=O) groups is 1. The molecule has 11 nitrogen and oxygen atoms in total. The van der Waals surface area contributed by atoms with Crippen LogP contribution in [0.15, 0.2) is 76.5 Å². The fourth-order valence-corrected chi connectivity index (χ4v) is 7.77. The zero-order chi connectivity index (χ0) is 35.9. The lowest BCUT2D eigenvalue weighted by atomic mass is 10.0. The van der Waals surface area contributed by atoms with E-state index in [1.165, 1.54) is 58.7 Å². The Kier molecular flexibility index (Phi) is 13.1. The van der Waals surface area contributed by atoms with Crippen LogP contribution in [0.3, 0.4) is 0 Å². The number of rotatable bonds is 9. The molecule has 15 heteroatoms. The number of likely N-dealkylation sites (N-methyl/N-ethyl adjacent to an activating group) is 1. The third-order valence-electron chi connectivity index (χ3n) is 8.39. The molecule has 1 aliphatic rings. The first-order valence-electron chi connectivity index (χ1n) is 16.0. The summed E-state index contributed by atoms with van der Waals surface area (Å²) < 4.78 is 82.6. The molecule has 0 bridgehead atoms. The number of sulfonamides is 2. The molecule has 268 valence electrons. The highest BCUT2D eigenvalue weighted by Gasteiger charge is 2.32. The minimum absolute atomic E-state index is 0.00687. The molecular formula is C34H43ClFN3O8S2. The third-order valence-corrected chi connectivity index (χ3v) is 11.9. The molecule has 0 saturated carbocycles. The third kappa shape index (κ3) is 9.92. The van der Waals surface area contributed by atoms with Gasteiger partial charge in [0, 0.05) is 43.4 Å². The molecule has 2 N–H and O–H groups in total. The van der Waals surface area contributed by atoms with Crippen LogP contribution in [0, 0.1) is 11.7 Å². The molecule has 0 fully saturated rings. The highest BCUT2D eigenvalue weighted by Crippen LogP contribution is 2.30. The van der Waals surface area contributed by atoms with Crippen LogP contribution < -0.4 is 9.46 Å². The smallest absolute Gasteiger partial charge is 0.261 e. The second kappa shape index (κ2) is 16.6. The Bertz CT molecular complexity index is 1790. The van der Waals surface area contributed by atoms with Crippen molar-refractivity contribution in [2.75, 3.05) is 38.1 Å². The normalized spacial score (nSPS) is 20.6. The van der Waals surface area contributed by atoms with Crippen molar-refractivity contribution in [3.05, 3.63) is 83.1 Å². The van der Waals surface area contributed by atoms with Crippen LogP contribution in [-0.2, 0) is 24.8 Å². The summed E-state index contributed by atoms with van der Waals surface area (Å²) >= 11 is 5.97. The van der Waals surface area contributed by atoms with Gasteiger partial charge in [-0.15, -0.1) is 0 Å². The van der Waals surface area contributed by atoms with Crippen molar-refractivity contribution in [3.63, 3.8) is 0 Å². The first-order valence-corrected chi connectivity index (χ1v) is 19.3. The molecule has 0 aromatic heterocycles. The number of anilines is 1. The number of aliphatic hydroxyl groups is 1. The molecule has 0 saturated heterocycles. The van der Waals surface area contributed by atoms with Gasteiger partial charge in [0.15, 0.2) is 0 Å². The Morgan fingerprint density at radius 3 is 2.33 bits per heavy atom. The zero-order valence-electron chi connectivity index (χ0n) is 27.9. The molecule has 49 heavy (non-hydrogen) atoms. The van der Waals surface area contributed by atoms with Gasteiger partial charge in [-0.1, -0.05) is 18.5 Å². The summed E-state index contributed by atoms with van der Waals surface area (Å²) in [6.45, 7) is 5.42. The summed E-state index contributed by atoms with van der Waals surface area (Å²) in [5, 5.41) is 10.6. The van der Waals surface area contributed by atoms with E-state index in [-0.39, 0.29) is 52.6 Å². The highest BCUT2D eigenvalue weighted by atomic mass is 35.5. The number of halogens is 2. The van der Waals surface area contributed by atoms with Crippen molar-refractivity contribution < 1.29 is 40.6 Å². The van der Waals surface area contributed by atoms with Crippen LogP contribution in [0.25, 0.3) is 0 Å². The lowest BCUT2D eigenvalue weighted by molar-refractivity contribution is -0.00833. The van der Waals surface area contributed by atoms with Crippen LogP contribution in [0.4, 0.5) is 10.1 Å². The number of hydrogen-bond donors (Lipinski definition) is 2. The van der Waals surface area contributed by atoms with Crippen molar-refractivity contribution in [1.82, 2.24) is 9.21 Å². The van der Waals surface area contributed by atoms with E-state index in [1.54, 1.807) is 6.92 Å². The first kappa shape index (κ1) is 38.5. The van der Waals surface area contributed by atoms with Gasteiger partial charge in [-0.05, 0) is 99.8 Å². The lowest BCUT2D eigenvalue weighted by Gasteiger charge is -2.35. The highest BCUT2D eigenvalue weighted by molar-refractivity contribution is 7.92. The summed E-state index contributed by atoms with van der Waals surface area (Å²) in [6.07, 6.45) is 1.09. The summed E-state index contributed by atoms with van der Waals surface area (Å²) in [4.78, 5) is 15.7. The average molecular weight is 740 g/mol. The SMILES string of the molecule is C[C@@H]1CCCCO[C@@H](CN(C)S(=O)(=O)c2ccc(Cl)cc2)[C@@H](C)CN([C@@H](C)CO)C(=O)c2cc(NS(=O)(=O)c3ccc(F)cc3)ccc2O1. The minimum atomic E-state index is -4.13. The largest absolute Gasteiger partial charge is 0.490 e. The molecule has 1 aliphatic heterocycles. The topological polar surface area (TPSA) is 143 Å². The molecule has 1 heterocycles. The molecule has 3 aromatic carbocycles. The van der Waals surface area contributed by atoms with Gasteiger partial charge in [0.1, 0.15) is 11.6 Å². The molecule has 4 atom stereocenters. The number of hydrogen-bond acceptors (Lipinski definition) is 8. The van der Waals surface area contributed by atoms with Gasteiger partial charge < -0.3 is 19.5 Å². The second-order valence-corrected chi connectivity index (χ2v) is 16.5. The molecule has 4 rings (SSSR count). The first-order chi connectivity index (χ1) is 23.1. The van der Waals surface area contributed by atoms with E-state index in [1.807, 2.05) is 13.8 Å². The predicted octanol–water partition coefficient (Wildman–Crippen LogP) is 5.40. The van der Waals surface area contributed by atoms with Crippen LogP contribution in [-0.4, -0.2) is 88.7 Å². The molecule has 0 radical (unpaired) electrons. The van der Waals surface area contributed by atoms with Crippen molar-refractivity contribution in [2.24, 2.45) is 5.92 Å². The Hall–Kier alpha value is -3.27. The fraction of sp³-hybridized carbons (Fsp3) is 0.441. The molecule has 3 aromatic rings. The molecule has 0 unspecified atom stereocenters. The van der Waals surface area contributed by atoms with Crippen molar-refractivity contribution in [1.29, 1.82) is 0 Å². The summed E-state index contributed by atoms with van der Waals surface area (Å²) in [5.74, 6) is -1.29. The number of nitrogens with zero attached hydrogens (tertiary/aromatic N) is 2. The number of fused-ring (bicyclic) bond motifs is 1. The Balaban J connectivity index is 1.67. The maximum absolute atomic E-state index is 14.3. The van der Waals surface area contributed by atoms with E-state index in [0.717, 1.165) is 30.7 Å². The molecule has 1 amide bonds. The van der Waals surface area contributed by atoms with Gasteiger partial charge in [-0.3, -0.25) is 9.52 Å². The summed E-state index contributed by atoms with van der Waals surface area (Å²) in [6, 6.07) is 13.9. The number of nitrogens with one attached hydrogen (secondary N) is 1. The lowest BCUT2D eigenvalue weighted by Crippen LogP contribution is -2.48. The van der Waals surface area contributed by atoms with E-state index in [0.29, 0.717) is 24.5 Å². The van der Waals surface area contributed by atoms with E-state index in [2.05, 4.69) is 4.72 Å². The fourth-order valence-electron chi connectivity index (χ4n) is 5.41. The van der Waals surface area contributed by atoms with Crippen LogP contribution in [0.2, 0.25) is 5.02 Å². The number of aliphatic hydroxyl groups excluding tert-OH is 1. The minimum Gasteiger partial charge on any atom is -0.490 e. The number of ether oxygens (including phenoxy) is 2. The van der Waals surface area contributed by atoms with Crippen LogP contribution >= 0.6 is 11.6 Å².